The van der Waals surface area contributed by atoms with Crippen LogP contribution in [0.15, 0.2) is 59.6 Å². The molecule has 30 heavy (non-hydrogen) atoms. The van der Waals surface area contributed by atoms with Gasteiger partial charge in [0, 0.05) is 33.2 Å². The fourth-order valence-corrected chi connectivity index (χ4v) is 3.84. The number of hydrogen-bond donors (Lipinski definition) is 2. The van der Waals surface area contributed by atoms with E-state index in [9.17, 15) is 0 Å². The maximum Gasteiger partial charge on any atom is 0.191 e. The highest BCUT2D eigenvalue weighted by Gasteiger charge is 2.21. The van der Waals surface area contributed by atoms with Crippen LogP contribution < -0.4 is 10.6 Å². The molecule has 3 unspecified atom stereocenters. The Bertz CT molecular complexity index is 772. The summed E-state index contributed by atoms with van der Waals surface area (Å²) in [4.78, 5) is 6.83. The Hall–Kier alpha value is -1.64. The van der Waals surface area contributed by atoms with E-state index in [0.29, 0.717) is 12.2 Å². The van der Waals surface area contributed by atoms with Gasteiger partial charge in [0.1, 0.15) is 0 Å². The molecule has 0 radical (unpaired) electrons. The smallest absolute Gasteiger partial charge is 0.191 e. The molecule has 2 aromatic rings. The quantitative estimate of drug-likeness (QED) is 0.337. The predicted molar refractivity (Wildman–Crippen MR) is 135 cm³/mol. The van der Waals surface area contributed by atoms with Crippen LogP contribution in [0.1, 0.15) is 43.5 Å². The van der Waals surface area contributed by atoms with Crippen molar-refractivity contribution in [2.45, 2.75) is 52.1 Å². The molecule has 0 amide bonds. The monoisotopic (exact) mass is 522 g/mol. The number of guanidine groups is 1. The van der Waals surface area contributed by atoms with Crippen molar-refractivity contribution < 1.29 is 4.74 Å². The molecule has 2 N–H and O–H groups in total. The summed E-state index contributed by atoms with van der Waals surface area (Å²) in [6.45, 7) is 10.2. The van der Waals surface area contributed by atoms with Crippen molar-refractivity contribution in [1.29, 1.82) is 0 Å². The molecule has 1 heterocycles. The number of hydrogen-bond acceptors (Lipinski definition) is 3. The molecule has 3 atom stereocenters. The number of halogens is 1. The Balaban J connectivity index is 0.00000320. The number of ether oxygens (including phenoxy) is 1. The molecule has 0 bridgehead atoms. The highest BCUT2D eigenvalue weighted by molar-refractivity contribution is 14.0. The normalized spacial score (nSPS) is 20.9. The fourth-order valence-electron chi connectivity index (χ4n) is 3.84. The van der Waals surface area contributed by atoms with E-state index in [0.717, 1.165) is 32.1 Å². The fraction of sp³-hybridized carbons (Fsp3) is 0.458. The number of aliphatic imine (C=N–C) groups is 1. The van der Waals surface area contributed by atoms with Gasteiger partial charge in [-0.25, -0.2) is 0 Å². The molecule has 0 aromatic heterocycles. The van der Waals surface area contributed by atoms with Crippen molar-refractivity contribution in [3.05, 3.63) is 71.3 Å². The van der Waals surface area contributed by atoms with E-state index in [1.807, 2.05) is 6.07 Å². The van der Waals surface area contributed by atoms with Crippen molar-refractivity contribution >= 4 is 29.9 Å². The first-order valence-electron chi connectivity index (χ1n) is 10.5. The summed E-state index contributed by atoms with van der Waals surface area (Å²) in [6, 6.07) is 19.4. The standard InChI is InChI=1S/C24H34N4O.HI/c1-18-15-28(16-19(2)29-18)17-22-12-10-21(11-13-22)14-26-24(25-4)27-20(3)23-8-6-5-7-9-23;/h5-13,18-20H,14-17H2,1-4H3,(H2,25,26,27);1H. The molecule has 0 spiro atoms. The summed E-state index contributed by atoms with van der Waals surface area (Å²) in [5, 5.41) is 6.86. The molecule has 1 aliphatic heterocycles. The molecule has 1 fully saturated rings. The van der Waals surface area contributed by atoms with E-state index >= 15 is 0 Å². The van der Waals surface area contributed by atoms with Crippen LogP contribution in [0.3, 0.4) is 0 Å². The van der Waals surface area contributed by atoms with E-state index in [1.54, 1.807) is 7.05 Å². The first-order valence-corrected chi connectivity index (χ1v) is 10.5. The van der Waals surface area contributed by atoms with Gasteiger partial charge in [-0.15, -0.1) is 24.0 Å². The maximum atomic E-state index is 5.83. The second-order valence-electron chi connectivity index (χ2n) is 7.97. The number of benzene rings is 2. The van der Waals surface area contributed by atoms with Crippen LogP contribution in [-0.4, -0.2) is 43.2 Å². The van der Waals surface area contributed by atoms with Crippen LogP contribution >= 0.6 is 24.0 Å². The van der Waals surface area contributed by atoms with Crippen LogP contribution in [0, 0.1) is 0 Å². The maximum absolute atomic E-state index is 5.83. The number of morpholine rings is 1. The van der Waals surface area contributed by atoms with Gasteiger partial charge in [0.05, 0.1) is 18.2 Å². The summed E-state index contributed by atoms with van der Waals surface area (Å²) < 4.78 is 5.83. The lowest BCUT2D eigenvalue weighted by Gasteiger charge is -2.35. The molecular formula is C24H35IN4O. The van der Waals surface area contributed by atoms with Gasteiger partial charge in [-0.2, -0.15) is 0 Å². The van der Waals surface area contributed by atoms with E-state index in [1.165, 1.54) is 16.7 Å². The van der Waals surface area contributed by atoms with Crippen LogP contribution in [0.2, 0.25) is 0 Å². The van der Waals surface area contributed by atoms with Gasteiger partial charge in [0.15, 0.2) is 5.96 Å². The third-order valence-electron chi connectivity index (χ3n) is 5.26. The molecule has 0 aliphatic carbocycles. The zero-order valence-corrected chi connectivity index (χ0v) is 20.8. The molecule has 1 aliphatic rings. The first-order chi connectivity index (χ1) is 14.0. The van der Waals surface area contributed by atoms with Crippen LogP contribution in [0.4, 0.5) is 0 Å². The Labute approximate surface area is 198 Å². The van der Waals surface area contributed by atoms with Gasteiger partial charge in [0.25, 0.3) is 0 Å². The van der Waals surface area contributed by atoms with E-state index in [4.69, 9.17) is 4.74 Å². The Kier molecular flexibility index (Phi) is 10.1. The molecule has 1 saturated heterocycles. The minimum Gasteiger partial charge on any atom is -0.373 e. The van der Waals surface area contributed by atoms with E-state index in [2.05, 4.69) is 89.8 Å². The van der Waals surface area contributed by atoms with Gasteiger partial charge >= 0.3 is 0 Å². The Morgan fingerprint density at radius 2 is 1.63 bits per heavy atom. The molecule has 0 saturated carbocycles. The van der Waals surface area contributed by atoms with Gasteiger partial charge in [0.2, 0.25) is 0 Å². The van der Waals surface area contributed by atoms with Gasteiger partial charge in [-0.05, 0) is 37.5 Å². The SMILES string of the molecule is CN=C(NCc1ccc(CN2CC(C)OC(C)C2)cc1)NC(C)c1ccccc1.I. The lowest BCUT2D eigenvalue weighted by molar-refractivity contribution is -0.0704. The molecular weight excluding hydrogens is 487 g/mol. The average molecular weight is 522 g/mol. The first kappa shape index (κ1) is 24.6. The molecule has 6 heteroatoms. The third kappa shape index (κ3) is 7.56. The lowest BCUT2D eigenvalue weighted by Crippen LogP contribution is -2.44. The highest BCUT2D eigenvalue weighted by atomic mass is 127. The summed E-state index contributed by atoms with van der Waals surface area (Å²) in [5.41, 5.74) is 3.83. The van der Waals surface area contributed by atoms with E-state index in [-0.39, 0.29) is 30.0 Å². The van der Waals surface area contributed by atoms with Gasteiger partial charge < -0.3 is 15.4 Å². The van der Waals surface area contributed by atoms with Crippen LogP contribution in [-0.2, 0) is 17.8 Å². The third-order valence-corrected chi connectivity index (χ3v) is 5.26. The zero-order valence-electron chi connectivity index (χ0n) is 18.5. The van der Waals surface area contributed by atoms with Crippen LogP contribution in [0.5, 0.6) is 0 Å². The van der Waals surface area contributed by atoms with Gasteiger partial charge in [-0.3, -0.25) is 9.89 Å². The summed E-state index contributed by atoms with van der Waals surface area (Å²) >= 11 is 0. The van der Waals surface area contributed by atoms with Crippen LogP contribution in [0.25, 0.3) is 0 Å². The predicted octanol–water partition coefficient (Wildman–Crippen LogP) is 4.34. The summed E-state index contributed by atoms with van der Waals surface area (Å²) in [6.07, 6.45) is 0.611. The van der Waals surface area contributed by atoms with Crippen molar-refractivity contribution in [2.75, 3.05) is 20.1 Å². The Morgan fingerprint density at radius 3 is 2.23 bits per heavy atom. The topological polar surface area (TPSA) is 48.9 Å². The summed E-state index contributed by atoms with van der Waals surface area (Å²) in [7, 11) is 1.81. The largest absolute Gasteiger partial charge is 0.373 e. The lowest BCUT2D eigenvalue weighted by atomic mass is 10.1. The molecule has 164 valence electrons. The zero-order chi connectivity index (χ0) is 20.6. The molecule has 3 rings (SSSR count). The van der Waals surface area contributed by atoms with Crippen molar-refractivity contribution in [3.63, 3.8) is 0 Å². The number of rotatable bonds is 6. The second kappa shape index (κ2) is 12.3. The number of nitrogens with zero attached hydrogens (tertiary/aromatic N) is 2. The Morgan fingerprint density at radius 1 is 1.03 bits per heavy atom. The molecule has 5 nitrogen and oxygen atoms in total. The van der Waals surface area contributed by atoms with Crippen molar-refractivity contribution in [1.82, 2.24) is 15.5 Å². The van der Waals surface area contributed by atoms with Crippen molar-refractivity contribution in [3.8, 4) is 0 Å². The molecule has 2 aromatic carbocycles. The minimum atomic E-state index is 0. The minimum absolute atomic E-state index is 0. The van der Waals surface area contributed by atoms with Crippen molar-refractivity contribution in [2.24, 2.45) is 4.99 Å². The second-order valence-corrected chi connectivity index (χ2v) is 7.97. The van der Waals surface area contributed by atoms with Gasteiger partial charge in [-0.1, -0.05) is 54.6 Å². The average Bonchev–Trinajstić information content (AvgIpc) is 2.72. The number of nitrogens with one attached hydrogen (secondary N) is 2. The van der Waals surface area contributed by atoms with E-state index < -0.39 is 0 Å². The highest BCUT2D eigenvalue weighted by Crippen LogP contribution is 2.15. The summed E-state index contributed by atoms with van der Waals surface area (Å²) in [5.74, 6) is 0.807.